The second-order valence-corrected chi connectivity index (χ2v) is 5.66. The molecule has 0 spiro atoms. The molecule has 2 aromatic rings. The fraction of sp³-hybridized carbons (Fsp3) is 0.357. The summed E-state index contributed by atoms with van der Waals surface area (Å²) in [6, 6.07) is 5.74. The lowest BCUT2D eigenvalue weighted by Crippen LogP contribution is -2.38. The summed E-state index contributed by atoms with van der Waals surface area (Å²) in [5, 5.41) is 1.01. The molecule has 4 nitrogen and oxygen atoms in total. The van der Waals surface area contributed by atoms with Crippen LogP contribution in [0.1, 0.15) is 5.56 Å². The largest absolute Gasteiger partial charge is 0.485 e. The number of hydrogen-bond donors (Lipinski definition) is 0. The van der Waals surface area contributed by atoms with Gasteiger partial charge in [0.1, 0.15) is 11.9 Å². The summed E-state index contributed by atoms with van der Waals surface area (Å²) in [4.78, 5) is 12.0. The maximum Gasteiger partial charge on any atom is 0.253 e. The maximum atomic E-state index is 12.0. The molecule has 1 saturated heterocycles. The van der Waals surface area contributed by atoms with Gasteiger partial charge in [-0.2, -0.15) is 0 Å². The third-order valence-electron chi connectivity index (χ3n) is 3.36. The molecule has 1 aromatic carbocycles. The lowest BCUT2D eigenvalue weighted by molar-refractivity contribution is -0.0796. The minimum atomic E-state index is 0.0172. The molecule has 0 saturated carbocycles. The molecular formula is C14H14BrNO3. The molecule has 0 N–H and O–H groups in total. The molecule has 0 amide bonds. The molecule has 0 atom stereocenters. The molecule has 1 aliphatic rings. The molecule has 0 radical (unpaired) electrons. The predicted octanol–water partition coefficient (Wildman–Crippen LogP) is 2.39. The SMILES string of the molecule is Cc1cc2c(Br)cc(OC3COC3)cc2n(C)c1=O. The van der Waals surface area contributed by atoms with Crippen LogP contribution in [0.4, 0.5) is 0 Å². The van der Waals surface area contributed by atoms with Crippen molar-refractivity contribution in [2.75, 3.05) is 13.2 Å². The highest BCUT2D eigenvalue weighted by molar-refractivity contribution is 9.10. The first-order valence-electron chi connectivity index (χ1n) is 6.10. The van der Waals surface area contributed by atoms with Crippen LogP contribution in [-0.4, -0.2) is 23.9 Å². The van der Waals surface area contributed by atoms with Gasteiger partial charge >= 0.3 is 0 Å². The normalized spacial score (nSPS) is 15.5. The Morgan fingerprint density at radius 1 is 1.37 bits per heavy atom. The summed E-state index contributed by atoms with van der Waals surface area (Å²) in [7, 11) is 1.78. The number of nitrogens with zero attached hydrogens (tertiary/aromatic N) is 1. The minimum Gasteiger partial charge on any atom is -0.485 e. The average molecular weight is 324 g/mol. The van der Waals surface area contributed by atoms with Gasteiger partial charge < -0.3 is 14.0 Å². The molecule has 0 aliphatic carbocycles. The van der Waals surface area contributed by atoms with Crippen molar-refractivity contribution < 1.29 is 9.47 Å². The Balaban J connectivity index is 2.15. The fourth-order valence-electron chi connectivity index (χ4n) is 2.19. The fourth-order valence-corrected chi connectivity index (χ4v) is 2.74. The monoisotopic (exact) mass is 323 g/mol. The molecule has 5 heteroatoms. The van der Waals surface area contributed by atoms with Crippen LogP contribution >= 0.6 is 15.9 Å². The quantitative estimate of drug-likeness (QED) is 0.852. The van der Waals surface area contributed by atoms with Crippen LogP contribution in [0.25, 0.3) is 10.9 Å². The van der Waals surface area contributed by atoms with E-state index in [1.165, 1.54) is 0 Å². The van der Waals surface area contributed by atoms with Gasteiger partial charge in [0.15, 0.2) is 0 Å². The first kappa shape index (κ1) is 12.7. The van der Waals surface area contributed by atoms with Gasteiger partial charge in [0.25, 0.3) is 5.56 Å². The lowest BCUT2D eigenvalue weighted by Gasteiger charge is -2.27. The van der Waals surface area contributed by atoms with E-state index in [0.29, 0.717) is 13.2 Å². The van der Waals surface area contributed by atoms with Crippen LogP contribution < -0.4 is 10.3 Å². The highest BCUT2D eigenvalue weighted by atomic mass is 79.9. The van der Waals surface area contributed by atoms with E-state index in [1.54, 1.807) is 11.6 Å². The van der Waals surface area contributed by atoms with Crippen LogP contribution in [0.15, 0.2) is 27.5 Å². The number of halogens is 1. The number of ether oxygens (including phenoxy) is 2. The second kappa shape index (κ2) is 4.65. The summed E-state index contributed by atoms with van der Waals surface area (Å²) in [6.07, 6.45) is 0.117. The minimum absolute atomic E-state index is 0.0172. The van der Waals surface area contributed by atoms with Crippen LogP contribution in [0.5, 0.6) is 5.75 Å². The van der Waals surface area contributed by atoms with Crippen molar-refractivity contribution in [1.29, 1.82) is 0 Å². The standard InChI is InChI=1S/C14H14BrNO3/c1-8-3-11-12(15)4-9(19-10-6-18-7-10)5-13(11)16(2)14(8)17/h3-5,10H,6-7H2,1-2H3. The Kier molecular flexibility index (Phi) is 3.11. The van der Waals surface area contributed by atoms with Gasteiger partial charge in [0, 0.05) is 28.5 Å². The van der Waals surface area contributed by atoms with Crippen LogP contribution in [0.2, 0.25) is 0 Å². The lowest BCUT2D eigenvalue weighted by atomic mass is 10.1. The summed E-state index contributed by atoms with van der Waals surface area (Å²) >= 11 is 3.54. The van der Waals surface area contributed by atoms with Gasteiger partial charge in [-0.25, -0.2) is 0 Å². The average Bonchev–Trinajstić information content (AvgIpc) is 2.33. The van der Waals surface area contributed by atoms with E-state index >= 15 is 0 Å². The Morgan fingerprint density at radius 2 is 2.11 bits per heavy atom. The van der Waals surface area contributed by atoms with Gasteiger partial charge in [-0.3, -0.25) is 4.79 Å². The van der Waals surface area contributed by atoms with E-state index in [2.05, 4.69) is 15.9 Å². The molecule has 100 valence electrons. The number of rotatable bonds is 2. The van der Waals surface area contributed by atoms with Crippen molar-refractivity contribution in [3.05, 3.63) is 38.6 Å². The van der Waals surface area contributed by atoms with Crippen molar-refractivity contribution in [3.63, 3.8) is 0 Å². The van der Waals surface area contributed by atoms with Gasteiger partial charge in [-0.05, 0) is 35.0 Å². The van der Waals surface area contributed by atoms with Crippen molar-refractivity contribution in [3.8, 4) is 5.75 Å². The van der Waals surface area contributed by atoms with Gasteiger partial charge in [-0.1, -0.05) is 0 Å². The summed E-state index contributed by atoms with van der Waals surface area (Å²) in [6.45, 7) is 3.08. The molecule has 2 heterocycles. The van der Waals surface area contributed by atoms with Gasteiger partial charge in [0.05, 0.1) is 18.7 Å². The Hall–Kier alpha value is -1.33. The molecule has 1 fully saturated rings. The van der Waals surface area contributed by atoms with Crippen LogP contribution in [-0.2, 0) is 11.8 Å². The zero-order chi connectivity index (χ0) is 13.6. The molecular weight excluding hydrogens is 310 g/mol. The van der Waals surface area contributed by atoms with E-state index < -0.39 is 0 Å². The van der Waals surface area contributed by atoms with Crippen molar-refractivity contribution >= 4 is 26.8 Å². The van der Waals surface area contributed by atoms with Crippen LogP contribution in [0.3, 0.4) is 0 Å². The third kappa shape index (κ3) is 2.17. The van der Waals surface area contributed by atoms with E-state index in [0.717, 1.165) is 26.7 Å². The number of hydrogen-bond acceptors (Lipinski definition) is 3. The van der Waals surface area contributed by atoms with E-state index in [4.69, 9.17) is 9.47 Å². The van der Waals surface area contributed by atoms with Crippen molar-refractivity contribution in [1.82, 2.24) is 4.57 Å². The number of benzene rings is 1. The number of pyridine rings is 1. The first-order valence-corrected chi connectivity index (χ1v) is 6.90. The maximum absolute atomic E-state index is 12.0. The summed E-state index contributed by atoms with van der Waals surface area (Å²) < 4.78 is 13.5. The van der Waals surface area contributed by atoms with E-state index in [9.17, 15) is 4.79 Å². The molecule has 1 aliphatic heterocycles. The summed E-state index contributed by atoms with van der Waals surface area (Å²) in [5.41, 5.74) is 1.61. The zero-order valence-electron chi connectivity index (χ0n) is 10.8. The molecule has 3 rings (SSSR count). The van der Waals surface area contributed by atoms with Gasteiger partial charge in [-0.15, -0.1) is 0 Å². The molecule has 0 bridgehead atoms. The topological polar surface area (TPSA) is 40.5 Å². The number of aromatic nitrogens is 1. The Labute approximate surface area is 119 Å². The summed E-state index contributed by atoms with van der Waals surface area (Å²) in [5.74, 6) is 0.756. The molecule has 19 heavy (non-hydrogen) atoms. The zero-order valence-corrected chi connectivity index (χ0v) is 12.4. The third-order valence-corrected chi connectivity index (χ3v) is 4.01. The second-order valence-electron chi connectivity index (χ2n) is 4.81. The molecule has 1 aromatic heterocycles. The highest BCUT2D eigenvalue weighted by Crippen LogP contribution is 2.30. The van der Waals surface area contributed by atoms with Crippen LogP contribution in [0, 0.1) is 6.92 Å². The van der Waals surface area contributed by atoms with E-state index in [1.807, 2.05) is 25.1 Å². The predicted molar refractivity (Wildman–Crippen MR) is 76.9 cm³/mol. The molecule has 0 unspecified atom stereocenters. The smallest absolute Gasteiger partial charge is 0.253 e. The number of fused-ring (bicyclic) bond motifs is 1. The number of aryl methyl sites for hydroxylation is 2. The highest BCUT2D eigenvalue weighted by Gasteiger charge is 2.20. The first-order chi connectivity index (χ1) is 9.06. The Morgan fingerprint density at radius 3 is 2.74 bits per heavy atom. The Bertz CT molecular complexity index is 704. The van der Waals surface area contributed by atoms with E-state index in [-0.39, 0.29) is 11.7 Å². The van der Waals surface area contributed by atoms with Gasteiger partial charge in [0.2, 0.25) is 0 Å². The van der Waals surface area contributed by atoms with Crippen molar-refractivity contribution in [2.24, 2.45) is 7.05 Å². The van der Waals surface area contributed by atoms with Crippen molar-refractivity contribution in [2.45, 2.75) is 13.0 Å².